The Hall–Kier alpha value is -2.85. The number of hydrogen-bond donors (Lipinski definition) is 2. The summed E-state index contributed by atoms with van der Waals surface area (Å²) in [6.45, 7) is 2.20. The van der Waals surface area contributed by atoms with Crippen LogP contribution in [0, 0.1) is 0 Å². The molecule has 0 aromatic carbocycles. The molecule has 0 rings (SSSR count). The Labute approximate surface area is 346 Å². The fraction of sp³-hybridized carbons (Fsp3) is 0.652. The zero-order valence-electron chi connectivity index (χ0n) is 36.0. The molecule has 0 heterocycles. The summed E-state index contributed by atoms with van der Waals surface area (Å²) in [5.74, 6) is -0.908. The average molecular weight is 821 g/mol. The first-order valence-electron chi connectivity index (χ1n) is 21.4. The molecule has 2 N–H and O–H groups in total. The number of carbonyl (C=O) groups is 2. The molecule has 0 fully saturated rings. The third-order valence-corrected chi connectivity index (χ3v) is 9.45. The number of phosphoric acid groups is 1. The number of rotatable bonds is 38. The quantitative estimate of drug-likeness (QED) is 0.0206. The van der Waals surface area contributed by atoms with Crippen molar-refractivity contribution in [3.8, 4) is 0 Å². The summed E-state index contributed by atoms with van der Waals surface area (Å²) < 4.78 is 34.2. The Morgan fingerprint density at radius 1 is 0.579 bits per heavy atom. The van der Waals surface area contributed by atoms with Crippen molar-refractivity contribution in [2.45, 2.75) is 141 Å². The Balaban J connectivity index is 4.52. The number of carbonyl (C=O) groups excluding carboxylic acids is 2. The molecule has 10 nitrogen and oxygen atoms in total. The Morgan fingerprint density at radius 3 is 1.56 bits per heavy atom. The predicted octanol–water partition coefficient (Wildman–Crippen LogP) is 11.0. The van der Waals surface area contributed by atoms with Crippen LogP contribution in [0.1, 0.15) is 135 Å². The highest BCUT2D eigenvalue weighted by Gasteiger charge is 2.27. The summed E-state index contributed by atoms with van der Waals surface area (Å²) in [6.07, 6.45) is 46.5. The maximum atomic E-state index is 12.7. The molecule has 0 bridgehead atoms. The number of likely N-dealkylation sites (N-methyl/N-ethyl adjacent to an activating group) is 1. The van der Waals surface area contributed by atoms with Crippen LogP contribution in [0.4, 0.5) is 0 Å². The number of phosphoric ester groups is 1. The Kier molecular flexibility index (Phi) is 36.7. The lowest BCUT2D eigenvalue weighted by atomic mass is 10.1. The first-order valence-corrected chi connectivity index (χ1v) is 22.9. The number of nitrogens with zero attached hydrogens (tertiary/aromatic N) is 1. The van der Waals surface area contributed by atoms with E-state index in [4.69, 9.17) is 23.6 Å². The summed E-state index contributed by atoms with van der Waals surface area (Å²) in [5.41, 5.74) is 0. The van der Waals surface area contributed by atoms with Crippen LogP contribution in [-0.2, 0) is 32.7 Å². The predicted molar refractivity (Wildman–Crippen MR) is 235 cm³/mol. The first kappa shape index (κ1) is 54.2. The molecule has 1 unspecified atom stereocenters. The Morgan fingerprint density at radius 2 is 1.04 bits per heavy atom. The number of quaternary nitrogens is 1. The van der Waals surface area contributed by atoms with E-state index in [0.717, 1.165) is 96.3 Å². The van der Waals surface area contributed by atoms with Crippen molar-refractivity contribution in [3.05, 3.63) is 85.1 Å². The third-order valence-electron chi connectivity index (χ3n) is 8.46. The van der Waals surface area contributed by atoms with Crippen LogP contribution in [0.5, 0.6) is 0 Å². The highest BCUT2D eigenvalue weighted by molar-refractivity contribution is 7.47. The number of unbranched alkanes of at least 4 members (excludes halogenated alkanes) is 9. The van der Waals surface area contributed by atoms with Gasteiger partial charge in [-0.15, -0.1) is 0 Å². The van der Waals surface area contributed by atoms with Crippen molar-refractivity contribution < 1.29 is 47.2 Å². The molecule has 0 aliphatic heterocycles. The minimum atomic E-state index is -4.40. The molecule has 2 atom stereocenters. The van der Waals surface area contributed by atoms with Gasteiger partial charge in [-0.2, -0.15) is 0 Å². The standard InChI is InChI=1S/C46H78NO9P/c1-5-6-7-8-9-10-11-12-16-19-22-25-28-31-34-37-45(49)53-42-44(43-55-57(51,52)54-41-39-47(2,3)4)56-46(50)38-35-32-29-26-23-20-17-14-13-15-18-21-24-27-30-33-36-40-48/h6-7,9-10,12-13,15-17,20-21,24,26,29,44,48H,5,8,11,14,18-19,22-23,25,27-28,30-43H2,1-4H3/p+1/b7-6-,10-9-,15-13-,16-12-,20-17-,24-21-,29-26-/t44-/m1/s1. The SMILES string of the molecule is CC/C=C\C/C=C\C/C=C\CCCCCCCC(=O)OC[C@H](COP(=O)(O)OCC[N+](C)(C)C)OC(=O)CCC/C=C\C/C=C\C/C=C\C/C=C\CCCCCO. The molecule has 0 saturated carbocycles. The number of aliphatic hydroxyl groups is 1. The lowest BCUT2D eigenvalue weighted by molar-refractivity contribution is -0.870. The van der Waals surface area contributed by atoms with Crippen molar-refractivity contribution in [3.63, 3.8) is 0 Å². The van der Waals surface area contributed by atoms with Gasteiger partial charge < -0.3 is 24.0 Å². The van der Waals surface area contributed by atoms with Crippen LogP contribution < -0.4 is 0 Å². The summed E-state index contributed by atoms with van der Waals surface area (Å²) in [7, 11) is 1.40. The van der Waals surface area contributed by atoms with Gasteiger partial charge in [0.1, 0.15) is 19.8 Å². The molecular formula is C46H79NO9P+. The fourth-order valence-corrected chi connectivity index (χ4v) is 5.86. The summed E-state index contributed by atoms with van der Waals surface area (Å²) >= 11 is 0. The lowest BCUT2D eigenvalue weighted by Gasteiger charge is -2.24. The van der Waals surface area contributed by atoms with Gasteiger partial charge in [-0.25, -0.2) is 4.57 Å². The normalized spacial score (nSPS) is 14.4. The molecule has 11 heteroatoms. The van der Waals surface area contributed by atoms with E-state index in [0.29, 0.717) is 30.3 Å². The summed E-state index contributed by atoms with van der Waals surface area (Å²) in [4.78, 5) is 35.3. The molecule has 57 heavy (non-hydrogen) atoms. The molecule has 0 amide bonds. The molecule has 0 aliphatic rings. The van der Waals surface area contributed by atoms with Gasteiger partial charge >= 0.3 is 19.8 Å². The molecule has 0 aliphatic carbocycles. The molecule has 0 aromatic heterocycles. The monoisotopic (exact) mass is 821 g/mol. The van der Waals surface area contributed by atoms with E-state index < -0.39 is 32.5 Å². The molecule has 326 valence electrons. The number of ether oxygens (including phenoxy) is 2. The second kappa shape index (κ2) is 38.7. The van der Waals surface area contributed by atoms with Crippen molar-refractivity contribution in [1.82, 2.24) is 0 Å². The number of allylic oxidation sites excluding steroid dienone is 14. The molecule has 0 spiro atoms. The van der Waals surface area contributed by atoms with Gasteiger partial charge in [0.2, 0.25) is 0 Å². The van der Waals surface area contributed by atoms with Gasteiger partial charge in [0.05, 0.1) is 27.7 Å². The smallest absolute Gasteiger partial charge is 0.462 e. The Bertz CT molecular complexity index is 1250. The second-order valence-corrected chi connectivity index (χ2v) is 16.5. The second-order valence-electron chi connectivity index (χ2n) is 15.1. The van der Waals surface area contributed by atoms with Gasteiger partial charge in [0.25, 0.3) is 0 Å². The molecule has 0 radical (unpaired) electrons. The van der Waals surface area contributed by atoms with Crippen molar-refractivity contribution in [1.29, 1.82) is 0 Å². The fourth-order valence-electron chi connectivity index (χ4n) is 5.12. The average Bonchev–Trinajstić information content (AvgIpc) is 3.16. The minimum Gasteiger partial charge on any atom is -0.462 e. The van der Waals surface area contributed by atoms with E-state index in [9.17, 15) is 19.0 Å². The van der Waals surface area contributed by atoms with Gasteiger partial charge in [0, 0.05) is 19.4 Å². The maximum absolute atomic E-state index is 12.7. The van der Waals surface area contributed by atoms with Crippen molar-refractivity contribution in [2.75, 3.05) is 54.1 Å². The van der Waals surface area contributed by atoms with Gasteiger partial charge in [-0.05, 0) is 89.9 Å². The van der Waals surface area contributed by atoms with Crippen LogP contribution in [0.3, 0.4) is 0 Å². The van der Waals surface area contributed by atoms with Crippen LogP contribution in [0.25, 0.3) is 0 Å². The molecular weight excluding hydrogens is 741 g/mol. The van der Waals surface area contributed by atoms with Crippen LogP contribution >= 0.6 is 7.82 Å². The van der Waals surface area contributed by atoms with E-state index in [1.165, 1.54) is 0 Å². The third kappa shape index (κ3) is 42.6. The highest BCUT2D eigenvalue weighted by Crippen LogP contribution is 2.43. The van der Waals surface area contributed by atoms with Gasteiger partial charge in [-0.3, -0.25) is 18.6 Å². The summed E-state index contributed by atoms with van der Waals surface area (Å²) in [5, 5.41) is 8.80. The molecule has 0 saturated heterocycles. The van der Waals surface area contributed by atoms with Crippen LogP contribution in [-0.4, -0.2) is 86.6 Å². The topological polar surface area (TPSA) is 129 Å². The lowest BCUT2D eigenvalue weighted by Crippen LogP contribution is -2.37. The highest BCUT2D eigenvalue weighted by atomic mass is 31.2. The number of aliphatic hydroxyl groups excluding tert-OH is 1. The van der Waals surface area contributed by atoms with E-state index in [1.807, 2.05) is 27.2 Å². The zero-order valence-corrected chi connectivity index (χ0v) is 36.9. The van der Waals surface area contributed by atoms with Crippen molar-refractivity contribution in [2.24, 2.45) is 0 Å². The first-order chi connectivity index (χ1) is 27.5. The maximum Gasteiger partial charge on any atom is 0.472 e. The van der Waals surface area contributed by atoms with Gasteiger partial charge in [-0.1, -0.05) is 118 Å². The number of esters is 2. The number of hydrogen-bond acceptors (Lipinski definition) is 8. The molecule has 0 aromatic rings. The minimum absolute atomic E-state index is 0.00876. The van der Waals surface area contributed by atoms with Crippen molar-refractivity contribution >= 4 is 19.8 Å². The van der Waals surface area contributed by atoms with E-state index in [-0.39, 0.29) is 32.7 Å². The van der Waals surface area contributed by atoms with Crippen LogP contribution in [0.15, 0.2) is 85.1 Å². The zero-order chi connectivity index (χ0) is 42.1. The summed E-state index contributed by atoms with van der Waals surface area (Å²) in [6, 6.07) is 0. The van der Waals surface area contributed by atoms with Crippen LogP contribution in [0.2, 0.25) is 0 Å². The van der Waals surface area contributed by atoms with Gasteiger partial charge in [0.15, 0.2) is 6.10 Å². The van der Waals surface area contributed by atoms with E-state index in [1.54, 1.807) is 0 Å². The largest absolute Gasteiger partial charge is 0.472 e. The van der Waals surface area contributed by atoms with E-state index >= 15 is 0 Å². The van der Waals surface area contributed by atoms with E-state index in [2.05, 4.69) is 85.9 Å².